The van der Waals surface area contributed by atoms with Gasteiger partial charge in [-0.3, -0.25) is 14.2 Å². The molecule has 0 spiro atoms. The Morgan fingerprint density at radius 3 is 2.61 bits per heavy atom. The van der Waals surface area contributed by atoms with Crippen molar-refractivity contribution in [3.8, 4) is 5.88 Å². The van der Waals surface area contributed by atoms with E-state index in [1.807, 2.05) is 0 Å². The van der Waals surface area contributed by atoms with Crippen molar-refractivity contribution in [2.75, 3.05) is 0 Å². The molecule has 1 amide bonds. The molecule has 1 aromatic heterocycles. The van der Waals surface area contributed by atoms with Crippen LogP contribution in [0.4, 0.5) is 0 Å². The van der Waals surface area contributed by atoms with E-state index in [-0.39, 0.29) is 17.0 Å². The first-order valence-corrected chi connectivity index (χ1v) is 6.22. The molecule has 0 radical (unpaired) electrons. The SMILES string of the molecule is CCCCCCn1c(O)c(C(N)=O)c(C)cc1=O. The Morgan fingerprint density at radius 1 is 1.39 bits per heavy atom. The maximum absolute atomic E-state index is 11.8. The second-order valence-corrected chi connectivity index (χ2v) is 4.44. The topological polar surface area (TPSA) is 85.3 Å². The summed E-state index contributed by atoms with van der Waals surface area (Å²) in [5.41, 5.74) is 5.34. The van der Waals surface area contributed by atoms with Crippen LogP contribution in [0.25, 0.3) is 0 Å². The molecule has 1 aromatic rings. The predicted octanol–water partition coefficient (Wildman–Crippen LogP) is 1.54. The molecule has 0 aromatic carbocycles. The first-order valence-electron chi connectivity index (χ1n) is 6.22. The van der Waals surface area contributed by atoms with Crippen LogP contribution in [0.2, 0.25) is 0 Å². The number of aromatic hydroxyl groups is 1. The summed E-state index contributed by atoms with van der Waals surface area (Å²) in [6.45, 7) is 4.09. The molecule has 0 bridgehead atoms. The van der Waals surface area contributed by atoms with Crippen molar-refractivity contribution in [2.24, 2.45) is 5.73 Å². The molecule has 0 fully saturated rings. The van der Waals surface area contributed by atoms with Gasteiger partial charge in [0.05, 0.1) is 0 Å². The van der Waals surface area contributed by atoms with E-state index in [1.165, 1.54) is 10.6 Å². The molecule has 1 rings (SSSR count). The van der Waals surface area contributed by atoms with Crippen LogP contribution in [0.1, 0.15) is 48.5 Å². The number of aromatic nitrogens is 1. The van der Waals surface area contributed by atoms with Crippen molar-refractivity contribution in [2.45, 2.75) is 46.1 Å². The van der Waals surface area contributed by atoms with Crippen molar-refractivity contribution in [1.82, 2.24) is 4.57 Å². The van der Waals surface area contributed by atoms with Crippen molar-refractivity contribution in [1.29, 1.82) is 0 Å². The Hall–Kier alpha value is -1.78. The lowest BCUT2D eigenvalue weighted by atomic mass is 10.1. The fourth-order valence-corrected chi connectivity index (χ4v) is 1.97. The van der Waals surface area contributed by atoms with Crippen molar-refractivity contribution in [3.05, 3.63) is 27.5 Å². The highest BCUT2D eigenvalue weighted by Crippen LogP contribution is 2.18. The Kier molecular flexibility index (Phi) is 4.95. The lowest BCUT2D eigenvalue weighted by Crippen LogP contribution is -2.24. The molecule has 0 unspecified atom stereocenters. The fraction of sp³-hybridized carbons (Fsp3) is 0.538. The third-order valence-electron chi connectivity index (χ3n) is 2.96. The average molecular weight is 252 g/mol. The largest absolute Gasteiger partial charge is 0.494 e. The smallest absolute Gasteiger partial charge is 0.254 e. The summed E-state index contributed by atoms with van der Waals surface area (Å²) in [6, 6.07) is 1.33. The van der Waals surface area contributed by atoms with Crippen molar-refractivity contribution >= 4 is 5.91 Å². The molecule has 1 heterocycles. The Labute approximate surface area is 106 Å². The summed E-state index contributed by atoms with van der Waals surface area (Å²) in [4.78, 5) is 23.0. The number of nitrogens with zero attached hydrogens (tertiary/aromatic N) is 1. The maximum atomic E-state index is 11.8. The van der Waals surface area contributed by atoms with Gasteiger partial charge >= 0.3 is 0 Å². The van der Waals surface area contributed by atoms with E-state index in [0.29, 0.717) is 12.1 Å². The summed E-state index contributed by atoms with van der Waals surface area (Å²) < 4.78 is 1.21. The van der Waals surface area contributed by atoms with Crippen LogP contribution in [0, 0.1) is 6.92 Å². The highest BCUT2D eigenvalue weighted by molar-refractivity contribution is 5.96. The molecule has 100 valence electrons. The number of hydrogen-bond donors (Lipinski definition) is 2. The van der Waals surface area contributed by atoms with Gasteiger partial charge in [0.25, 0.3) is 11.5 Å². The summed E-state index contributed by atoms with van der Waals surface area (Å²) >= 11 is 0. The quantitative estimate of drug-likeness (QED) is 0.753. The molecule has 5 nitrogen and oxygen atoms in total. The second-order valence-electron chi connectivity index (χ2n) is 4.44. The first kappa shape index (κ1) is 14.3. The van der Waals surface area contributed by atoms with Gasteiger partial charge in [-0.25, -0.2) is 0 Å². The summed E-state index contributed by atoms with van der Waals surface area (Å²) in [7, 11) is 0. The zero-order valence-corrected chi connectivity index (χ0v) is 10.9. The summed E-state index contributed by atoms with van der Waals surface area (Å²) in [5.74, 6) is -1.03. The van der Waals surface area contributed by atoms with E-state index < -0.39 is 5.91 Å². The molecule has 18 heavy (non-hydrogen) atoms. The van der Waals surface area contributed by atoms with E-state index in [9.17, 15) is 14.7 Å². The first-order chi connectivity index (χ1) is 8.49. The number of aryl methyl sites for hydroxylation is 1. The van der Waals surface area contributed by atoms with Gasteiger partial charge in [0, 0.05) is 12.6 Å². The van der Waals surface area contributed by atoms with Crippen molar-refractivity contribution in [3.63, 3.8) is 0 Å². The number of rotatable bonds is 6. The number of pyridine rings is 1. The van der Waals surface area contributed by atoms with E-state index in [4.69, 9.17) is 5.73 Å². The Balaban J connectivity index is 3.01. The predicted molar refractivity (Wildman–Crippen MR) is 69.8 cm³/mol. The van der Waals surface area contributed by atoms with Gasteiger partial charge in [0.1, 0.15) is 5.56 Å². The van der Waals surface area contributed by atoms with Crippen LogP contribution < -0.4 is 11.3 Å². The van der Waals surface area contributed by atoms with Crippen LogP contribution in [-0.2, 0) is 6.54 Å². The van der Waals surface area contributed by atoms with E-state index in [0.717, 1.165) is 25.7 Å². The third kappa shape index (κ3) is 3.12. The normalized spacial score (nSPS) is 10.6. The van der Waals surface area contributed by atoms with Crippen LogP contribution in [-0.4, -0.2) is 15.6 Å². The fourth-order valence-electron chi connectivity index (χ4n) is 1.97. The highest BCUT2D eigenvalue weighted by Gasteiger charge is 2.16. The lowest BCUT2D eigenvalue weighted by molar-refractivity contribution is 0.0995. The molecule has 5 heteroatoms. The van der Waals surface area contributed by atoms with Crippen molar-refractivity contribution < 1.29 is 9.90 Å². The van der Waals surface area contributed by atoms with Crippen LogP contribution in [0.5, 0.6) is 5.88 Å². The number of amides is 1. The molecular weight excluding hydrogens is 232 g/mol. The zero-order valence-electron chi connectivity index (χ0n) is 10.9. The molecule has 0 aliphatic carbocycles. The second kappa shape index (κ2) is 6.23. The highest BCUT2D eigenvalue weighted by atomic mass is 16.3. The standard InChI is InChI=1S/C13H20N2O3/c1-3-4-5-6-7-15-10(16)8-9(2)11(12(14)17)13(15)18/h8,18H,3-7H2,1-2H3,(H2,14,17). The Bertz CT molecular complexity index is 492. The van der Waals surface area contributed by atoms with Crippen LogP contribution in [0.3, 0.4) is 0 Å². The molecule has 0 saturated carbocycles. The van der Waals surface area contributed by atoms with Gasteiger partial charge < -0.3 is 10.8 Å². The van der Waals surface area contributed by atoms with Crippen LogP contribution >= 0.6 is 0 Å². The van der Waals surface area contributed by atoms with E-state index in [2.05, 4.69) is 6.92 Å². The number of carbonyl (C=O) groups is 1. The number of nitrogens with two attached hydrogens (primary N) is 1. The number of carbonyl (C=O) groups excluding carboxylic acids is 1. The lowest BCUT2D eigenvalue weighted by Gasteiger charge is -2.12. The molecule has 0 atom stereocenters. The van der Waals surface area contributed by atoms with Gasteiger partial charge in [-0.15, -0.1) is 0 Å². The third-order valence-corrected chi connectivity index (χ3v) is 2.96. The van der Waals surface area contributed by atoms with Gasteiger partial charge in [-0.2, -0.15) is 0 Å². The summed E-state index contributed by atoms with van der Waals surface area (Å²) in [5, 5.41) is 9.94. The Morgan fingerprint density at radius 2 is 2.06 bits per heavy atom. The van der Waals surface area contributed by atoms with Gasteiger partial charge in [0.2, 0.25) is 5.88 Å². The van der Waals surface area contributed by atoms with Gasteiger partial charge in [0.15, 0.2) is 0 Å². The minimum atomic E-state index is -0.715. The van der Waals surface area contributed by atoms with Gasteiger partial charge in [-0.05, 0) is 18.9 Å². The monoisotopic (exact) mass is 252 g/mol. The van der Waals surface area contributed by atoms with Crippen LogP contribution in [0.15, 0.2) is 10.9 Å². The molecular formula is C13H20N2O3. The average Bonchev–Trinajstić information content (AvgIpc) is 2.26. The zero-order chi connectivity index (χ0) is 13.7. The maximum Gasteiger partial charge on any atom is 0.254 e. The number of hydrogen-bond acceptors (Lipinski definition) is 3. The number of primary amides is 1. The van der Waals surface area contributed by atoms with E-state index >= 15 is 0 Å². The molecule has 0 aliphatic rings. The minimum absolute atomic E-state index is 0.0325. The molecule has 0 aliphatic heterocycles. The number of unbranched alkanes of at least 4 members (excludes halogenated alkanes) is 3. The minimum Gasteiger partial charge on any atom is -0.494 e. The molecule has 3 N–H and O–H groups in total. The van der Waals surface area contributed by atoms with E-state index in [1.54, 1.807) is 6.92 Å². The summed E-state index contributed by atoms with van der Waals surface area (Å²) in [6.07, 6.45) is 3.97. The molecule has 0 saturated heterocycles. The van der Waals surface area contributed by atoms with Gasteiger partial charge in [-0.1, -0.05) is 26.2 Å².